The monoisotopic (exact) mass is 308 g/mol. The fraction of sp³-hybridized carbons (Fsp3) is 0.133. The molecule has 1 heterocycles. The molecule has 1 aromatic heterocycles. The van der Waals surface area contributed by atoms with E-state index in [1.807, 2.05) is 12.1 Å². The summed E-state index contributed by atoms with van der Waals surface area (Å²) in [6.07, 6.45) is 5.01. The van der Waals surface area contributed by atoms with Gasteiger partial charge >= 0.3 is 0 Å². The minimum Gasteiger partial charge on any atom is -0.489 e. The summed E-state index contributed by atoms with van der Waals surface area (Å²) >= 11 is 12.4. The zero-order chi connectivity index (χ0) is 14.5. The van der Waals surface area contributed by atoms with Gasteiger partial charge in [0.05, 0.1) is 16.1 Å². The number of hydrogen-bond acceptors (Lipinski definition) is 3. The molecule has 0 aliphatic carbocycles. The van der Waals surface area contributed by atoms with Crippen LogP contribution in [-0.4, -0.2) is 11.6 Å². The van der Waals surface area contributed by atoms with Crippen molar-refractivity contribution in [3.05, 3.63) is 70.5 Å². The average molecular weight is 309 g/mol. The number of hydrogen-bond donors (Lipinski definition) is 1. The molecular formula is C15H14Cl2N2O. The molecule has 2 N–H and O–H groups in total. The molecule has 20 heavy (non-hydrogen) atoms. The summed E-state index contributed by atoms with van der Waals surface area (Å²) in [5.74, 6) is 0.601. The van der Waals surface area contributed by atoms with Crippen molar-refractivity contribution in [2.24, 2.45) is 5.73 Å². The number of benzene rings is 1. The SMILES string of the molecule is C=CCOc1ccc(Cl)c(Cl)c1[C@@H](N)c1ccncc1. The lowest BCUT2D eigenvalue weighted by molar-refractivity contribution is 0.358. The van der Waals surface area contributed by atoms with Crippen LogP contribution in [-0.2, 0) is 0 Å². The molecule has 1 aromatic carbocycles. The minimum atomic E-state index is -0.441. The van der Waals surface area contributed by atoms with Crippen molar-refractivity contribution < 1.29 is 4.74 Å². The van der Waals surface area contributed by atoms with E-state index < -0.39 is 6.04 Å². The fourth-order valence-corrected chi connectivity index (χ4v) is 2.29. The third-order valence-corrected chi connectivity index (χ3v) is 3.64. The van der Waals surface area contributed by atoms with Gasteiger partial charge in [0.1, 0.15) is 12.4 Å². The van der Waals surface area contributed by atoms with E-state index in [1.165, 1.54) is 0 Å². The smallest absolute Gasteiger partial charge is 0.126 e. The highest BCUT2D eigenvalue weighted by Crippen LogP contribution is 2.38. The zero-order valence-electron chi connectivity index (χ0n) is 10.7. The van der Waals surface area contributed by atoms with Crippen LogP contribution in [0.1, 0.15) is 17.2 Å². The molecule has 104 valence electrons. The van der Waals surface area contributed by atoms with Gasteiger partial charge in [0.2, 0.25) is 0 Å². The Hall–Kier alpha value is -1.55. The molecule has 2 aromatic rings. The van der Waals surface area contributed by atoms with Crippen LogP contribution in [0.5, 0.6) is 5.75 Å². The maximum Gasteiger partial charge on any atom is 0.126 e. The number of halogens is 2. The second-order valence-corrected chi connectivity index (χ2v) is 4.92. The highest BCUT2D eigenvalue weighted by Gasteiger charge is 2.20. The highest BCUT2D eigenvalue weighted by atomic mass is 35.5. The Labute approximate surface area is 128 Å². The average Bonchev–Trinajstić information content (AvgIpc) is 2.48. The molecule has 0 spiro atoms. The molecule has 3 nitrogen and oxygen atoms in total. The maximum absolute atomic E-state index is 6.29. The molecule has 0 aliphatic rings. The molecule has 0 amide bonds. The van der Waals surface area contributed by atoms with Crippen molar-refractivity contribution in [3.8, 4) is 5.75 Å². The first kappa shape index (κ1) is 14.9. The van der Waals surface area contributed by atoms with E-state index in [-0.39, 0.29) is 0 Å². The Morgan fingerprint density at radius 3 is 2.60 bits per heavy atom. The molecule has 0 saturated heterocycles. The van der Waals surface area contributed by atoms with Gasteiger partial charge < -0.3 is 10.5 Å². The van der Waals surface area contributed by atoms with Gasteiger partial charge in [0, 0.05) is 18.0 Å². The summed E-state index contributed by atoms with van der Waals surface area (Å²) in [4.78, 5) is 3.97. The lowest BCUT2D eigenvalue weighted by atomic mass is 9.99. The van der Waals surface area contributed by atoms with Crippen molar-refractivity contribution in [2.75, 3.05) is 6.61 Å². The van der Waals surface area contributed by atoms with E-state index in [4.69, 9.17) is 33.7 Å². The molecule has 0 radical (unpaired) electrons. The van der Waals surface area contributed by atoms with Crippen molar-refractivity contribution in [2.45, 2.75) is 6.04 Å². The van der Waals surface area contributed by atoms with Gasteiger partial charge in [-0.15, -0.1) is 0 Å². The number of nitrogens with zero attached hydrogens (tertiary/aromatic N) is 1. The Morgan fingerprint density at radius 2 is 1.95 bits per heavy atom. The second kappa shape index (κ2) is 6.75. The van der Waals surface area contributed by atoms with E-state index in [2.05, 4.69) is 11.6 Å². The second-order valence-electron chi connectivity index (χ2n) is 4.13. The van der Waals surface area contributed by atoms with E-state index in [0.29, 0.717) is 28.0 Å². The van der Waals surface area contributed by atoms with Crippen molar-refractivity contribution in [3.63, 3.8) is 0 Å². The van der Waals surface area contributed by atoms with E-state index >= 15 is 0 Å². The topological polar surface area (TPSA) is 48.1 Å². The maximum atomic E-state index is 6.29. The molecule has 0 unspecified atom stereocenters. The summed E-state index contributed by atoms with van der Waals surface area (Å²) in [7, 11) is 0. The summed E-state index contributed by atoms with van der Waals surface area (Å²) in [5.41, 5.74) is 7.82. The van der Waals surface area contributed by atoms with Gasteiger partial charge in [-0.25, -0.2) is 0 Å². The third-order valence-electron chi connectivity index (χ3n) is 2.83. The molecule has 5 heteroatoms. The van der Waals surface area contributed by atoms with E-state index in [1.54, 1.807) is 30.6 Å². The molecule has 1 atom stereocenters. The van der Waals surface area contributed by atoms with Crippen molar-refractivity contribution >= 4 is 23.2 Å². The molecule has 0 fully saturated rings. The first-order valence-electron chi connectivity index (χ1n) is 6.02. The predicted octanol–water partition coefficient (Wildman–Crippen LogP) is 4.00. The summed E-state index contributed by atoms with van der Waals surface area (Å²) in [6.45, 7) is 3.99. The van der Waals surface area contributed by atoms with E-state index in [0.717, 1.165) is 5.56 Å². The standard InChI is InChI=1S/C15H14Cl2N2O/c1-2-9-20-12-4-3-11(16)14(17)13(12)15(18)10-5-7-19-8-6-10/h2-8,15H,1,9,18H2/t15-/m0/s1. The van der Waals surface area contributed by atoms with Crippen LogP contribution >= 0.6 is 23.2 Å². The third kappa shape index (κ3) is 3.12. The zero-order valence-corrected chi connectivity index (χ0v) is 12.2. The Morgan fingerprint density at radius 1 is 1.25 bits per heavy atom. The largest absolute Gasteiger partial charge is 0.489 e. The lowest BCUT2D eigenvalue weighted by Gasteiger charge is -2.19. The first-order chi connectivity index (χ1) is 9.65. The normalized spacial score (nSPS) is 11.9. The highest BCUT2D eigenvalue weighted by molar-refractivity contribution is 6.42. The van der Waals surface area contributed by atoms with Gasteiger partial charge in [-0.05, 0) is 29.8 Å². The number of pyridine rings is 1. The molecule has 0 bridgehead atoms. The first-order valence-corrected chi connectivity index (χ1v) is 6.77. The quantitative estimate of drug-likeness (QED) is 0.849. The van der Waals surface area contributed by atoms with Crippen LogP contribution in [0.15, 0.2) is 49.3 Å². The molecule has 2 rings (SSSR count). The lowest BCUT2D eigenvalue weighted by Crippen LogP contribution is -2.14. The van der Waals surface area contributed by atoms with Gasteiger partial charge in [0.15, 0.2) is 0 Å². The predicted molar refractivity (Wildman–Crippen MR) is 82.4 cm³/mol. The summed E-state index contributed by atoms with van der Waals surface area (Å²) < 4.78 is 5.61. The molecule has 0 saturated carbocycles. The molecule has 0 aliphatic heterocycles. The fourth-order valence-electron chi connectivity index (χ4n) is 1.85. The van der Waals surface area contributed by atoms with Crippen LogP contribution in [0.25, 0.3) is 0 Å². The molecular weight excluding hydrogens is 295 g/mol. The van der Waals surface area contributed by atoms with Gasteiger partial charge in [-0.2, -0.15) is 0 Å². The van der Waals surface area contributed by atoms with Crippen LogP contribution < -0.4 is 10.5 Å². The van der Waals surface area contributed by atoms with Crippen LogP contribution in [0.3, 0.4) is 0 Å². The van der Waals surface area contributed by atoms with Gasteiger partial charge in [-0.3, -0.25) is 4.98 Å². The minimum absolute atomic E-state index is 0.369. The van der Waals surface area contributed by atoms with E-state index in [9.17, 15) is 0 Å². The Kier molecular flexibility index (Phi) is 5.01. The Balaban J connectivity index is 2.47. The number of nitrogens with two attached hydrogens (primary N) is 1. The van der Waals surface area contributed by atoms with Gasteiger partial charge in [-0.1, -0.05) is 35.9 Å². The summed E-state index contributed by atoms with van der Waals surface area (Å²) in [6, 6.07) is 6.67. The van der Waals surface area contributed by atoms with Crippen LogP contribution in [0, 0.1) is 0 Å². The number of aromatic nitrogens is 1. The van der Waals surface area contributed by atoms with Crippen molar-refractivity contribution in [1.82, 2.24) is 4.98 Å². The van der Waals surface area contributed by atoms with Crippen molar-refractivity contribution in [1.29, 1.82) is 0 Å². The van der Waals surface area contributed by atoms with Crippen LogP contribution in [0.2, 0.25) is 10.0 Å². The Bertz CT molecular complexity index is 602. The summed E-state index contributed by atoms with van der Waals surface area (Å²) in [5, 5.41) is 0.842. The van der Waals surface area contributed by atoms with Gasteiger partial charge in [0.25, 0.3) is 0 Å². The van der Waals surface area contributed by atoms with Crippen LogP contribution in [0.4, 0.5) is 0 Å². The number of rotatable bonds is 5. The number of ether oxygens (including phenoxy) is 1.